The summed E-state index contributed by atoms with van der Waals surface area (Å²) in [6.07, 6.45) is 1.59. The van der Waals surface area contributed by atoms with Crippen LogP contribution < -0.4 is 4.90 Å². The Balaban J connectivity index is 1.96. The lowest BCUT2D eigenvalue weighted by Crippen LogP contribution is -2.50. The lowest BCUT2D eigenvalue weighted by atomic mass is 10.2. The van der Waals surface area contributed by atoms with Crippen molar-refractivity contribution in [3.63, 3.8) is 0 Å². The molecule has 98 valence electrons. The van der Waals surface area contributed by atoms with Crippen molar-refractivity contribution >= 4 is 27.7 Å². The van der Waals surface area contributed by atoms with Crippen LogP contribution in [-0.2, 0) is 4.79 Å². The molecule has 1 aromatic heterocycles. The number of carbonyl (C=O) groups excluding carboxylic acids is 1. The number of hydrogen-bond donors (Lipinski definition) is 0. The zero-order valence-corrected chi connectivity index (χ0v) is 12.2. The van der Waals surface area contributed by atoms with Crippen molar-refractivity contribution in [3.8, 4) is 0 Å². The van der Waals surface area contributed by atoms with Crippen molar-refractivity contribution in [2.75, 3.05) is 31.1 Å². The number of hydrogen-bond acceptors (Lipinski definition) is 4. The predicted molar refractivity (Wildman–Crippen MR) is 74.0 cm³/mol. The second kappa shape index (κ2) is 5.65. The highest BCUT2D eigenvalue weighted by molar-refractivity contribution is 9.10. The van der Waals surface area contributed by atoms with E-state index >= 15 is 0 Å². The minimum Gasteiger partial charge on any atom is -0.353 e. The summed E-state index contributed by atoms with van der Waals surface area (Å²) in [4.78, 5) is 24.2. The van der Waals surface area contributed by atoms with Gasteiger partial charge in [-0.1, -0.05) is 15.9 Å². The number of aromatic nitrogens is 2. The molecule has 1 amide bonds. The first-order valence-electron chi connectivity index (χ1n) is 6.04. The Labute approximate surface area is 115 Å². The van der Waals surface area contributed by atoms with Crippen LogP contribution in [0.3, 0.4) is 0 Å². The van der Waals surface area contributed by atoms with Crippen LogP contribution in [0.4, 0.5) is 5.82 Å². The summed E-state index contributed by atoms with van der Waals surface area (Å²) >= 11 is 3.32. The van der Waals surface area contributed by atoms with Gasteiger partial charge in [0.2, 0.25) is 5.91 Å². The highest BCUT2D eigenvalue weighted by Crippen LogP contribution is 2.15. The Hall–Kier alpha value is -1.17. The molecule has 0 bridgehead atoms. The third kappa shape index (κ3) is 2.98. The third-order valence-electron chi connectivity index (χ3n) is 3.04. The van der Waals surface area contributed by atoms with Crippen LogP contribution in [0, 0.1) is 6.92 Å². The molecule has 1 aliphatic rings. The molecule has 0 spiro atoms. The molecule has 6 heteroatoms. The maximum absolute atomic E-state index is 11.8. The molecule has 1 fully saturated rings. The maximum atomic E-state index is 11.8. The van der Waals surface area contributed by atoms with Crippen LogP contribution in [0.2, 0.25) is 0 Å². The molecule has 1 unspecified atom stereocenters. The number of rotatable bonds is 2. The number of anilines is 1. The van der Waals surface area contributed by atoms with Crippen molar-refractivity contribution in [2.45, 2.75) is 18.7 Å². The molecule has 1 aliphatic heterocycles. The number of nitrogens with zero attached hydrogens (tertiary/aromatic N) is 4. The van der Waals surface area contributed by atoms with Crippen LogP contribution in [0.5, 0.6) is 0 Å². The number of amides is 1. The van der Waals surface area contributed by atoms with E-state index in [0.717, 1.165) is 37.7 Å². The van der Waals surface area contributed by atoms with E-state index in [1.54, 1.807) is 6.33 Å². The van der Waals surface area contributed by atoms with Crippen LogP contribution in [0.25, 0.3) is 0 Å². The molecule has 1 atom stereocenters. The van der Waals surface area contributed by atoms with Crippen molar-refractivity contribution in [2.24, 2.45) is 0 Å². The average Bonchev–Trinajstić information content (AvgIpc) is 2.38. The van der Waals surface area contributed by atoms with E-state index in [1.807, 2.05) is 24.8 Å². The first-order valence-corrected chi connectivity index (χ1v) is 6.96. The minimum atomic E-state index is -0.106. The lowest BCUT2D eigenvalue weighted by Gasteiger charge is -2.36. The SMILES string of the molecule is Cc1cc(N2CCN(C(=O)C(C)Br)CC2)ncn1. The highest BCUT2D eigenvalue weighted by Gasteiger charge is 2.24. The number of piperazine rings is 1. The Morgan fingerprint density at radius 2 is 2.00 bits per heavy atom. The molecule has 2 rings (SSSR count). The second-order valence-corrected chi connectivity index (χ2v) is 5.82. The molecule has 5 nitrogen and oxygen atoms in total. The van der Waals surface area contributed by atoms with Crippen LogP contribution in [-0.4, -0.2) is 51.8 Å². The summed E-state index contributed by atoms with van der Waals surface area (Å²) in [5, 5.41) is 0. The molecule has 1 aromatic rings. The molecule has 0 N–H and O–H groups in total. The molecule has 18 heavy (non-hydrogen) atoms. The van der Waals surface area contributed by atoms with Gasteiger partial charge in [-0.3, -0.25) is 4.79 Å². The molecule has 0 radical (unpaired) electrons. The second-order valence-electron chi connectivity index (χ2n) is 4.45. The van der Waals surface area contributed by atoms with Gasteiger partial charge < -0.3 is 9.80 Å². The van der Waals surface area contributed by atoms with E-state index in [-0.39, 0.29) is 10.7 Å². The third-order valence-corrected chi connectivity index (χ3v) is 3.44. The Morgan fingerprint density at radius 1 is 1.33 bits per heavy atom. The fourth-order valence-corrected chi connectivity index (χ4v) is 2.31. The quantitative estimate of drug-likeness (QED) is 0.770. The molecule has 0 aromatic carbocycles. The van der Waals surface area contributed by atoms with Gasteiger partial charge in [-0.2, -0.15) is 0 Å². The molecule has 2 heterocycles. The van der Waals surface area contributed by atoms with E-state index in [0.29, 0.717) is 0 Å². The Kier molecular flexibility index (Phi) is 4.16. The summed E-state index contributed by atoms with van der Waals surface area (Å²) < 4.78 is 0. The summed E-state index contributed by atoms with van der Waals surface area (Å²) in [7, 11) is 0. The smallest absolute Gasteiger partial charge is 0.236 e. The molecular formula is C12H17BrN4O. The van der Waals surface area contributed by atoms with E-state index in [4.69, 9.17) is 0 Å². The largest absolute Gasteiger partial charge is 0.353 e. The van der Waals surface area contributed by atoms with Gasteiger partial charge >= 0.3 is 0 Å². The summed E-state index contributed by atoms with van der Waals surface area (Å²) in [6.45, 7) is 6.96. The number of halogens is 1. The van der Waals surface area contributed by atoms with Crippen molar-refractivity contribution < 1.29 is 4.79 Å². The fraction of sp³-hybridized carbons (Fsp3) is 0.583. The summed E-state index contributed by atoms with van der Waals surface area (Å²) in [5.41, 5.74) is 0.965. The normalized spacial score (nSPS) is 17.7. The fourth-order valence-electron chi connectivity index (χ4n) is 2.02. The van der Waals surface area contributed by atoms with Gasteiger partial charge in [0.25, 0.3) is 0 Å². The van der Waals surface area contributed by atoms with Gasteiger partial charge in [0.05, 0.1) is 4.83 Å². The van der Waals surface area contributed by atoms with Gasteiger partial charge in [0, 0.05) is 37.9 Å². The van der Waals surface area contributed by atoms with Gasteiger partial charge in [-0.25, -0.2) is 9.97 Å². The van der Waals surface area contributed by atoms with Gasteiger partial charge in [0.1, 0.15) is 12.1 Å². The van der Waals surface area contributed by atoms with Crippen LogP contribution >= 0.6 is 15.9 Å². The van der Waals surface area contributed by atoms with E-state index in [2.05, 4.69) is 30.8 Å². The summed E-state index contributed by atoms with van der Waals surface area (Å²) in [5.74, 6) is 1.11. The van der Waals surface area contributed by atoms with E-state index < -0.39 is 0 Å². The van der Waals surface area contributed by atoms with E-state index in [1.165, 1.54) is 0 Å². The topological polar surface area (TPSA) is 49.3 Å². The monoisotopic (exact) mass is 312 g/mol. The van der Waals surface area contributed by atoms with Gasteiger partial charge in [0.15, 0.2) is 0 Å². The average molecular weight is 313 g/mol. The zero-order valence-electron chi connectivity index (χ0n) is 10.6. The molecule has 0 saturated carbocycles. The van der Waals surface area contributed by atoms with Crippen molar-refractivity contribution in [1.29, 1.82) is 0 Å². The molecular weight excluding hydrogens is 296 g/mol. The maximum Gasteiger partial charge on any atom is 0.236 e. The number of carbonyl (C=O) groups is 1. The first kappa shape index (κ1) is 13.3. The van der Waals surface area contributed by atoms with Crippen molar-refractivity contribution in [3.05, 3.63) is 18.1 Å². The van der Waals surface area contributed by atoms with Crippen LogP contribution in [0.15, 0.2) is 12.4 Å². The minimum absolute atomic E-state index is 0.106. The van der Waals surface area contributed by atoms with Gasteiger partial charge in [-0.15, -0.1) is 0 Å². The Morgan fingerprint density at radius 3 is 2.56 bits per heavy atom. The highest BCUT2D eigenvalue weighted by atomic mass is 79.9. The molecule has 0 aliphatic carbocycles. The summed E-state index contributed by atoms with van der Waals surface area (Å²) in [6, 6.07) is 1.98. The van der Waals surface area contributed by atoms with Gasteiger partial charge in [-0.05, 0) is 13.8 Å². The van der Waals surface area contributed by atoms with E-state index in [9.17, 15) is 4.79 Å². The van der Waals surface area contributed by atoms with Crippen LogP contribution in [0.1, 0.15) is 12.6 Å². The Bertz CT molecular complexity index is 430. The standard InChI is InChI=1S/C12H17BrN4O/c1-9-7-11(15-8-14-9)16-3-5-17(6-4-16)12(18)10(2)13/h7-8,10H,3-6H2,1-2H3. The number of alkyl halides is 1. The number of aryl methyl sites for hydroxylation is 1. The lowest BCUT2D eigenvalue weighted by molar-refractivity contribution is -0.130. The first-order chi connectivity index (χ1) is 8.58. The zero-order chi connectivity index (χ0) is 13.1. The molecule has 1 saturated heterocycles. The predicted octanol–water partition coefficient (Wildman–Crippen LogP) is 1.22. The van der Waals surface area contributed by atoms with Crippen molar-refractivity contribution in [1.82, 2.24) is 14.9 Å².